The maximum Gasteiger partial charge on any atom is 0.481 e. The predicted molar refractivity (Wildman–Crippen MR) is 241 cm³/mol. The molecule has 32 heteroatoms. The number of rotatable bonds is 28. The van der Waals surface area contributed by atoms with E-state index >= 15 is 0 Å². The van der Waals surface area contributed by atoms with E-state index in [1.54, 1.807) is 13.0 Å². The van der Waals surface area contributed by atoms with Gasteiger partial charge in [-0.2, -0.15) is 4.31 Å². The van der Waals surface area contributed by atoms with Gasteiger partial charge in [0.15, 0.2) is 24.0 Å². The number of anilines is 1. The van der Waals surface area contributed by atoms with Crippen molar-refractivity contribution in [2.75, 3.05) is 37.8 Å². The highest BCUT2D eigenvalue weighted by Crippen LogP contribution is 2.61. The summed E-state index contributed by atoms with van der Waals surface area (Å²) in [5.41, 5.74) is 4.23. The average molecular weight is 1070 g/mol. The van der Waals surface area contributed by atoms with Crippen LogP contribution in [-0.4, -0.2) is 164 Å². The Morgan fingerprint density at radius 3 is 2.42 bits per heavy atom. The number of nitrogen functional groups attached to an aromatic ring is 1. The van der Waals surface area contributed by atoms with E-state index in [0.717, 1.165) is 54.7 Å². The number of unbranched alkanes of at least 4 members (excludes halogenated alkanes) is 3. The van der Waals surface area contributed by atoms with Gasteiger partial charge in [-0.15, -0.1) is 0 Å². The van der Waals surface area contributed by atoms with Gasteiger partial charge in [0.2, 0.25) is 16.9 Å². The van der Waals surface area contributed by atoms with Crippen LogP contribution in [0.1, 0.15) is 78.9 Å². The fraction of sp³-hybridized carbons (Fsp3) is 0.730. The largest absolute Gasteiger partial charge is 0.481 e. The molecule has 0 spiro atoms. The molecule has 0 bridgehead atoms. The third-order valence-electron chi connectivity index (χ3n) is 10.5. The number of imidazole rings is 1. The Morgan fingerprint density at radius 2 is 1.71 bits per heavy atom. The summed E-state index contributed by atoms with van der Waals surface area (Å²) in [7, 11) is -16.5. The molecular weight excluding hydrogens is 1000 g/mol. The quantitative estimate of drug-likeness (QED) is 0.0313. The molecule has 2 aliphatic heterocycles. The van der Waals surface area contributed by atoms with Gasteiger partial charge in [-0.05, 0) is 39.2 Å². The molecule has 2 saturated heterocycles. The second-order valence-electron chi connectivity index (χ2n) is 16.8. The van der Waals surface area contributed by atoms with Crippen LogP contribution in [0.2, 0.25) is 0 Å². The number of allylic oxidation sites excluding steroid dienone is 1. The van der Waals surface area contributed by atoms with Crippen LogP contribution in [-0.2, 0) is 60.2 Å². The number of carbonyl (C=O) groups excluding carboxylic acids is 3. The Bertz CT molecular complexity index is 2200. The summed E-state index contributed by atoms with van der Waals surface area (Å²) >= 11 is 1.01. The van der Waals surface area contributed by atoms with Crippen LogP contribution in [0.25, 0.3) is 11.2 Å². The molecule has 0 saturated carbocycles. The van der Waals surface area contributed by atoms with Crippen LogP contribution in [0.15, 0.2) is 24.8 Å². The van der Waals surface area contributed by atoms with Crippen LogP contribution in [0, 0.1) is 5.41 Å². The first-order valence-corrected chi connectivity index (χ1v) is 27.1. The normalized spacial score (nSPS) is 26.1. The number of nitrogens with one attached hydrogen (secondary N) is 2. The minimum atomic E-state index is -5.59. The standard InChI is InChI=1S/C37H62N7O21P3S/c1-21(61-36-24(46)16-23(45)22(2)62-36)10-8-6-5-7-9-11-27(48)69-15-14-39-26(47)12-13-40-34(51)31(50)37(3,4)18-60-68(57,58)65-67(55,56)59-17-25-30(64-66(52,53)54)29(49)35(63-25)44-20-43-28-32(38)41-19-42-33(28)44/h9,11,19-25,29-31,35-36,45-46,49-50H,5-8,10,12-18H2,1-4H3,(H,39,47)(H,40,51)(H,55,56)(H,57,58)(H2,38,41,42)(H2,52,53,54)/b11-9+/t21-,22+,23-,24-,25-,29-,30-,31+,35-,36-/m1/s1. The predicted octanol–water partition coefficient (Wildman–Crippen LogP) is 0.433. The smallest absolute Gasteiger partial charge is 0.390 e. The van der Waals surface area contributed by atoms with E-state index in [2.05, 4.69) is 34.4 Å². The van der Waals surface area contributed by atoms with Crippen molar-refractivity contribution in [3.63, 3.8) is 0 Å². The van der Waals surface area contributed by atoms with Crippen LogP contribution >= 0.6 is 35.2 Å². The van der Waals surface area contributed by atoms with Gasteiger partial charge in [0.05, 0.1) is 37.9 Å². The molecule has 2 unspecified atom stereocenters. The molecule has 0 aromatic carbocycles. The Kier molecular flexibility index (Phi) is 22.3. The molecule has 2 aromatic heterocycles. The Morgan fingerprint density at radius 1 is 1.00 bits per heavy atom. The Balaban J connectivity index is 1.09. The first-order chi connectivity index (χ1) is 32.2. The highest BCUT2D eigenvalue weighted by atomic mass is 32.2. The zero-order valence-corrected chi connectivity index (χ0v) is 41.6. The zero-order valence-electron chi connectivity index (χ0n) is 38.1. The van der Waals surface area contributed by atoms with Gasteiger partial charge >= 0.3 is 23.5 Å². The number of aliphatic hydroxyl groups excluding tert-OH is 4. The molecule has 2 fully saturated rings. The van der Waals surface area contributed by atoms with Gasteiger partial charge in [-0.1, -0.05) is 44.5 Å². The summed E-state index contributed by atoms with van der Waals surface area (Å²) in [6.45, 7) is 4.00. The lowest BCUT2D eigenvalue weighted by molar-refractivity contribution is -0.273. The SMILES string of the molecule is C[C@H](CCCCC/C=C/C(=O)SCCNC(=O)CCNC(=O)[C@H](O)C(C)(C)COP(=O)(O)OP(=O)(O)OC[C@H]1O[C@@H](n2cnc3c(N)ncnc32)[C@H](O)[C@@H]1OP(=O)(O)O)O[C@@H]1O[C@@H](C)[C@H](O)C[C@H]1O. The van der Waals surface area contributed by atoms with Crippen LogP contribution in [0.5, 0.6) is 0 Å². The van der Waals surface area contributed by atoms with Crippen molar-refractivity contribution >= 4 is 69.1 Å². The van der Waals surface area contributed by atoms with Crippen molar-refractivity contribution in [2.24, 2.45) is 5.41 Å². The first-order valence-electron chi connectivity index (χ1n) is 21.6. The number of ether oxygens (including phenoxy) is 3. The van der Waals surface area contributed by atoms with E-state index in [4.69, 9.17) is 29.0 Å². The van der Waals surface area contributed by atoms with Crippen molar-refractivity contribution in [1.82, 2.24) is 30.2 Å². The Labute approximate surface area is 400 Å². The Hall–Kier alpha value is -2.86. The summed E-state index contributed by atoms with van der Waals surface area (Å²) in [5, 5.41) is 46.2. The topological polar surface area (TPSA) is 423 Å². The number of fused-ring (bicyclic) bond motifs is 1. The van der Waals surface area contributed by atoms with Gasteiger partial charge in [0.25, 0.3) is 0 Å². The summed E-state index contributed by atoms with van der Waals surface area (Å²) in [6.07, 6.45) is -2.43. The molecule has 2 amide bonds. The van der Waals surface area contributed by atoms with Gasteiger partial charge in [-0.3, -0.25) is 32.5 Å². The molecule has 2 aromatic rings. The molecule has 0 radical (unpaired) electrons. The van der Waals surface area contributed by atoms with Crippen LogP contribution in [0.4, 0.5) is 5.82 Å². The number of phosphoric acid groups is 3. The number of carbonyl (C=O) groups is 3. The van der Waals surface area contributed by atoms with Gasteiger partial charge < -0.3 is 70.6 Å². The summed E-state index contributed by atoms with van der Waals surface area (Å²) in [5.74, 6) is -1.23. The molecule has 12 N–H and O–H groups in total. The van der Waals surface area contributed by atoms with E-state index in [1.165, 1.54) is 19.9 Å². The average Bonchev–Trinajstić information content (AvgIpc) is 3.82. The molecule has 392 valence electrons. The number of phosphoric ester groups is 3. The highest BCUT2D eigenvalue weighted by molar-refractivity contribution is 8.14. The lowest BCUT2D eigenvalue weighted by atomic mass is 9.87. The molecule has 28 nitrogen and oxygen atoms in total. The number of amides is 2. The third-order valence-corrected chi connectivity index (χ3v) is 14.5. The van der Waals surface area contributed by atoms with Crippen LogP contribution < -0.4 is 16.4 Å². The fourth-order valence-electron chi connectivity index (χ4n) is 6.74. The number of hydrogen-bond acceptors (Lipinski definition) is 22. The first kappa shape index (κ1) is 58.7. The molecule has 12 atom stereocenters. The zero-order chi connectivity index (χ0) is 51.3. The van der Waals surface area contributed by atoms with Crippen LogP contribution in [0.3, 0.4) is 0 Å². The lowest BCUT2D eigenvalue weighted by Gasteiger charge is -2.36. The molecule has 2 aliphatic rings. The number of hydrogen-bond donors (Lipinski definition) is 11. The van der Waals surface area contributed by atoms with Gasteiger partial charge in [0, 0.05) is 37.1 Å². The highest BCUT2D eigenvalue weighted by Gasteiger charge is 2.50. The molecule has 4 heterocycles. The maximum absolute atomic E-state index is 12.7. The van der Waals surface area contributed by atoms with E-state index < -0.39 is 109 Å². The minimum Gasteiger partial charge on any atom is -0.390 e. The second-order valence-corrected chi connectivity index (χ2v) is 22.1. The van der Waals surface area contributed by atoms with Gasteiger partial charge in [0.1, 0.15) is 42.4 Å². The number of aliphatic hydroxyl groups is 4. The van der Waals surface area contributed by atoms with Crippen molar-refractivity contribution < 1.29 is 100 Å². The van der Waals surface area contributed by atoms with E-state index in [0.29, 0.717) is 6.42 Å². The molecule has 0 aliphatic carbocycles. The van der Waals surface area contributed by atoms with E-state index in [-0.39, 0.29) is 59.9 Å². The second kappa shape index (κ2) is 26.2. The third kappa shape index (κ3) is 18.9. The number of thioether (sulfide) groups is 1. The maximum atomic E-state index is 12.7. The van der Waals surface area contributed by atoms with E-state index in [1.807, 2.05) is 6.92 Å². The summed E-state index contributed by atoms with van der Waals surface area (Å²) in [6, 6.07) is 0. The lowest BCUT2D eigenvalue weighted by Crippen LogP contribution is -2.48. The summed E-state index contributed by atoms with van der Waals surface area (Å²) < 4.78 is 73.7. The number of aromatic nitrogens is 4. The van der Waals surface area contributed by atoms with E-state index in [9.17, 15) is 68.1 Å². The molecule has 4 rings (SSSR count). The number of nitrogens with zero attached hydrogens (tertiary/aromatic N) is 4. The monoisotopic (exact) mass is 1070 g/mol. The molecular formula is C37H62N7O21P3S. The van der Waals surface area contributed by atoms with Crippen molar-refractivity contribution in [1.29, 1.82) is 0 Å². The van der Waals surface area contributed by atoms with Crippen molar-refractivity contribution in [3.05, 3.63) is 24.8 Å². The number of nitrogens with two attached hydrogens (primary N) is 1. The van der Waals surface area contributed by atoms with Crippen molar-refractivity contribution in [3.8, 4) is 0 Å². The summed E-state index contributed by atoms with van der Waals surface area (Å²) in [4.78, 5) is 88.3. The molecule has 69 heavy (non-hydrogen) atoms. The fourth-order valence-corrected chi connectivity index (χ4v) is 10.2. The van der Waals surface area contributed by atoms with Crippen molar-refractivity contribution in [2.45, 2.75) is 134 Å². The van der Waals surface area contributed by atoms with Gasteiger partial charge in [-0.25, -0.2) is 28.6 Å². The minimum absolute atomic E-state index is 0.0229.